The Balaban J connectivity index is 1.70. The van der Waals surface area contributed by atoms with Crippen LogP contribution >= 0.6 is 0 Å². The average molecular weight is 445 g/mol. The van der Waals surface area contributed by atoms with E-state index in [0.717, 1.165) is 11.1 Å². The summed E-state index contributed by atoms with van der Waals surface area (Å²) in [5.74, 6) is -2.06. The van der Waals surface area contributed by atoms with Crippen molar-refractivity contribution in [1.29, 1.82) is 0 Å². The molecule has 0 saturated carbocycles. The number of nitrogens with one attached hydrogen (secondary N) is 1. The van der Waals surface area contributed by atoms with Crippen molar-refractivity contribution in [3.8, 4) is 16.9 Å². The van der Waals surface area contributed by atoms with Gasteiger partial charge in [0.2, 0.25) is 10.0 Å². The first kappa shape index (κ1) is 22.5. The predicted molar refractivity (Wildman–Crippen MR) is 113 cm³/mol. The lowest BCUT2D eigenvalue weighted by Gasteiger charge is -2.18. The molecular formula is C22H23NO7S. The van der Waals surface area contributed by atoms with Crippen molar-refractivity contribution in [1.82, 2.24) is 4.72 Å². The molecule has 0 radical (unpaired) electrons. The van der Waals surface area contributed by atoms with Crippen LogP contribution in [0.3, 0.4) is 0 Å². The lowest BCUT2D eigenvalue weighted by Crippen LogP contribution is -2.44. The van der Waals surface area contributed by atoms with Gasteiger partial charge < -0.3 is 14.6 Å². The number of ether oxygens (including phenoxy) is 2. The standard InChI is InChI=1S/C22H23NO7S/c1-14(2)20(21(24)25)23-31(27,28)19-9-5-16(6-10-19)15-3-7-18(8-4-15)30-22(26)17-11-12-29-13-17/h3-12,14,17,20,23H,13H2,1-2H3,(H,24,25)/t17?,20-/m1/s1. The van der Waals surface area contributed by atoms with Crippen molar-refractivity contribution in [3.63, 3.8) is 0 Å². The van der Waals surface area contributed by atoms with Crippen LogP contribution in [0.5, 0.6) is 5.75 Å². The molecule has 0 bridgehead atoms. The minimum atomic E-state index is -3.98. The van der Waals surface area contributed by atoms with E-state index in [1.807, 2.05) is 0 Å². The van der Waals surface area contributed by atoms with Crippen LogP contribution in [0.4, 0.5) is 0 Å². The van der Waals surface area contributed by atoms with Crippen LogP contribution in [0.2, 0.25) is 0 Å². The summed E-state index contributed by atoms with van der Waals surface area (Å²) in [6, 6.07) is 11.7. The number of carboxylic acids is 1. The maximum absolute atomic E-state index is 12.5. The summed E-state index contributed by atoms with van der Waals surface area (Å²) in [6.07, 6.45) is 3.11. The van der Waals surface area contributed by atoms with Gasteiger partial charge in [-0.25, -0.2) is 8.42 Å². The van der Waals surface area contributed by atoms with E-state index in [-0.39, 0.29) is 11.5 Å². The number of sulfonamides is 1. The average Bonchev–Trinajstić information content (AvgIpc) is 3.27. The Hall–Kier alpha value is -3.17. The largest absolute Gasteiger partial charge is 0.500 e. The fraction of sp³-hybridized carbons (Fsp3) is 0.273. The highest BCUT2D eigenvalue weighted by Gasteiger charge is 2.28. The smallest absolute Gasteiger partial charge is 0.322 e. The van der Waals surface area contributed by atoms with E-state index in [1.54, 1.807) is 56.3 Å². The Morgan fingerprint density at radius 2 is 1.65 bits per heavy atom. The van der Waals surface area contributed by atoms with E-state index in [9.17, 15) is 23.1 Å². The fourth-order valence-electron chi connectivity index (χ4n) is 2.95. The van der Waals surface area contributed by atoms with Gasteiger partial charge in [-0.15, -0.1) is 0 Å². The van der Waals surface area contributed by atoms with Gasteiger partial charge in [0.15, 0.2) is 0 Å². The monoisotopic (exact) mass is 445 g/mol. The Labute approximate surface area is 180 Å². The van der Waals surface area contributed by atoms with E-state index in [2.05, 4.69) is 4.72 Å². The number of esters is 1. The van der Waals surface area contributed by atoms with Gasteiger partial charge in [-0.3, -0.25) is 9.59 Å². The zero-order valence-electron chi connectivity index (χ0n) is 17.0. The maximum Gasteiger partial charge on any atom is 0.322 e. The minimum Gasteiger partial charge on any atom is -0.500 e. The number of benzene rings is 2. The number of aliphatic carboxylic acids is 1. The highest BCUT2D eigenvalue weighted by molar-refractivity contribution is 7.89. The number of hydrogen-bond acceptors (Lipinski definition) is 6. The summed E-state index contributed by atoms with van der Waals surface area (Å²) in [5.41, 5.74) is 1.55. The Morgan fingerprint density at radius 3 is 2.13 bits per heavy atom. The molecule has 0 fully saturated rings. The molecule has 2 N–H and O–H groups in total. The lowest BCUT2D eigenvalue weighted by atomic mass is 10.1. The third kappa shape index (κ3) is 5.50. The molecule has 164 valence electrons. The fourth-order valence-corrected chi connectivity index (χ4v) is 4.29. The first-order valence-corrected chi connectivity index (χ1v) is 11.1. The molecule has 0 spiro atoms. The molecule has 2 aromatic rings. The van der Waals surface area contributed by atoms with Crippen LogP contribution < -0.4 is 9.46 Å². The summed E-state index contributed by atoms with van der Waals surface area (Å²) < 4.78 is 37.6. The summed E-state index contributed by atoms with van der Waals surface area (Å²) in [6.45, 7) is 3.53. The van der Waals surface area contributed by atoms with E-state index in [1.165, 1.54) is 18.4 Å². The molecule has 9 heteroatoms. The zero-order valence-corrected chi connectivity index (χ0v) is 17.8. The van der Waals surface area contributed by atoms with Crippen molar-refractivity contribution in [3.05, 3.63) is 60.9 Å². The second-order valence-corrected chi connectivity index (χ2v) is 9.13. The summed E-state index contributed by atoms with van der Waals surface area (Å²) in [7, 11) is -3.98. The number of carboxylic acid groups (broad SMARTS) is 1. The molecule has 0 saturated heterocycles. The first-order valence-electron chi connectivity index (χ1n) is 9.63. The van der Waals surface area contributed by atoms with Crippen LogP contribution in [0, 0.1) is 11.8 Å². The lowest BCUT2D eigenvalue weighted by molar-refractivity contribution is -0.140. The number of hydrogen-bond donors (Lipinski definition) is 2. The summed E-state index contributed by atoms with van der Waals surface area (Å²) in [5, 5.41) is 9.22. The Bertz CT molecular complexity index is 1070. The second kappa shape index (κ2) is 9.32. The van der Waals surface area contributed by atoms with Crippen LogP contribution in [0.1, 0.15) is 13.8 Å². The molecule has 1 heterocycles. The molecule has 0 amide bonds. The number of rotatable bonds is 8. The first-order chi connectivity index (χ1) is 14.7. The van der Waals surface area contributed by atoms with Crippen molar-refractivity contribution in [2.24, 2.45) is 11.8 Å². The quantitative estimate of drug-likeness (QED) is 0.474. The molecule has 0 aromatic heterocycles. The van der Waals surface area contributed by atoms with Gasteiger partial charge in [0.1, 0.15) is 24.3 Å². The van der Waals surface area contributed by atoms with E-state index < -0.39 is 39.8 Å². The highest BCUT2D eigenvalue weighted by Crippen LogP contribution is 2.25. The van der Waals surface area contributed by atoms with Gasteiger partial charge in [0, 0.05) is 0 Å². The van der Waals surface area contributed by atoms with Crippen LogP contribution in [0.25, 0.3) is 11.1 Å². The molecule has 1 aliphatic heterocycles. The van der Waals surface area contributed by atoms with Crippen molar-refractivity contribution in [2.45, 2.75) is 24.8 Å². The van der Waals surface area contributed by atoms with Gasteiger partial charge >= 0.3 is 11.9 Å². The number of carbonyl (C=O) groups is 2. The molecule has 2 atom stereocenters. The normalized spacial score (nSPS) is 16.7. The minimum absolute atomic E-state index is 0.0273. The van der Waals surface area contributed by atoms with Gasteiger partial charge in [0.05, 0.1) is 11.2 Å². The predicted octanol–water partition coefficient (Wildman–Crippen LogP) is 2.81. The van der Waals surface area contributed by atoms with E-state index in [4.69, 9.17) is 9.47 Å². The van der Waals surface area contributed by atoms with Gasteiger partial charge in [0.25, 0.3) is 0 Å². The molecule has 1 aliphatic rings. The molecule has 31 heavy (non-hydrogen) atoms. The second-order valence-electron chi connectivity index (χ2n) is 7.42. The zero-order chi connectivity index (χ0) is 22.6. The van der Waals surface area contributed by atoms with E-state index >= 15 is 0 Å². The van der Waals surface area contributed by atoms with Crippen LogP contribution in [0.15, 0.2) is 65.8 Å². The summed E-state index contributed by atoms with van der Waals surface area (Å²) in [4.78, 5) is 23.3. The van der Waals surface area contributed by atoms with Gasteiger partial charge in [-0.2, -0.15) is 4.72 Å². The Morgan fingerprint density at radius 1 is 1.06 bits per heavy atom. The third-order valence-electron chi connectivity index (χ3n) is 4.77. The van der Waals surface area contributed by atoms with Crippen molar-refractivity contribution in [2.75, 3.05) is 6.61 Å². The van der Waals surface area contributed by atoms with Gasteiger partial charge in [-0.05, 0) is 47.4 Å². The van der Waals surface area contributed by atoms with Crippen molar-refractivity contribution >= 4 is 22.0 Å². The summed E-state index contributed by atoms with van der Waals surface area (Å²) >= 11 is 0. The molecule has 8 nitrogen and oxygen atoms in total. The van der Waals surface area contributed by atoms with Gasteiger partial charge in [-0.1, -0.05) is 38.1 Å². The maximum atomic E-state index is 12.5. The molecule has 1 unspecified atom stereocenters. The van der Waals surface area contributed by atoms with Crippen LogP contribution in [-0.4, -0.2) is 38.1 Å². The molecular weight excluding hydrogens is 422 g/mol. The number of carbonyl (C=O) groups excluding carboxylic acids is 1. The molecule has 2 aromatic carbocycles. The Kier molecular flexibility index (Phi) is 6.77. The molecule has 0 aliphatic carbocycles. The third-order valence-corrected chi connectivity index (χ3v) is 6.23. The van der Waals surface area contributed by atoms with Crippen LogP contribution in [-0.2, 0) is 24.3 Å². The highest BCUT2D eigenvalue weighted by atomic mass is 32.2. The van der Waals surface area contributed by atoms with Crippen molar-refractivity contribution < 1.29 is 32.6 Å². The SMILES string of the molecule is CC(C)[C@@H](NS(=O)(=O)c1ccc(-c2ccc(OC(=O)C3C=COC3)cc2)cc1)C(=O)O. The molecule has 3 rings (SSSR count). The topological polar surface area (TPSA) is 119 Å². The van der Waals surface area contributed by atoms with E-state index in [0.29, 0.717) is 5.75 Å².